The Morgan fingerprint density at radius 2 is 1.84 bits per heavy atom. The van der Waals surface area contributed by atoms with E-state index in [-0.39, 0.29) is 17.9 Å². The Hall–Kier alpha value is -2.45. The predicted molar refractivity (Wildman–Crippen MR) is 152 cm³/mol. The van der Waals surface area contributed by atoms with Gasteiger partial charge in [0.15, 0.2) is 0 Å². The first kappa shape index (κ1) is 28.6. The molecule has 0 spiro atoms. The van der Waals surface area contributed by atoms with Crippen molar-refractivity contribution in [1.82, 2.24) is 15.1 Å². The molecule has 0 aliphatic carbocycles. The first-order chi connectivity index (χ1) is 18.4. The Labute approximate surface area is 235 Å². The van der Waals surface area contributed by atoms with Crippen molar-refractivity contribution in [1.29, 1.82) is 0 Å². The number of hydrogen-bond acceptors (Lipinski definition) is 6. The number of amides is 2. The van der Waals surface area contributed by atoms with Gasteiger partial charge in [0.05, 0.1) is 16.8 Å². The van der Waals surface area contributed by atoms with Crippen molar-refractivity contribution in [2.75, 3.05) is 44.7 Å². The number of carbonyl (C=O) groups excluding carboxylic acids is 3. The molecule has 0 bridgehead atoms. The van der Waals surface area contributed by atoms with Crippen LogP contribution in [0.25, 0.3) is 0 Å². The van der Waals surface area contributed by atoms with E-state index >= 15 is 0 Å². The Morgan fingerprint density at radius 1 is 1.05 bits per heavy atom. The van der Waals surface area contributed by atoms with Gasteiger partial charge in [0.25, 0.3) is 0 Å². The van der Waals surface area contributed by atoms with Gasteiger partial charge in [0.2, 0.25) is 11.8 Å². The summed E-state index contributed by atoms with van der Waals surface area (Å²) in [5, 5.41) is 3.87. The summed E-state index contributed by atoms with van der Waals surface area (Å²) in [6.07, 6.45) is 5.89. The van der Waals surface area contributed by atoms with Crippen LogP contribution in [0, 0.1) is 0 Å². The van der Waals surface area contributed by atoms with Crippen molar-refractivity contribution in [3.05, 3.63) is 63.1 Å². The zero-order valence-corrected chi connectivity index (χ0v) is 23.4. The second kappa shape index (κ2) is 13.6. The molecular weight excluding hydrogens is 523 g/mol. The van der Waals surface area contributed by atoms with Crippen LogP contribution < -0.4 is 10.2 Å². The third-order valence-corrected chi connectivity index (χ3v) is 8.18. The first-order valence-electron chi connectivity index (χ1n) is 13.4. The van der Waals surface area contributed by atoms with Gasteiger partial charge in [-0.2, -0.15) is 0 Å². The van der Waals surface area contributed by atoms with Crippen molar-refractivity contribution < 1.29 is 14.4 Å². The van der Waals surface area contributed by atoms with Crippen LogP contribution in [0.2, 0.25) is 10.0 Å². The molecule has 0 saturated carbocycles. The number of aryl methyl sites for hydroxylation is 1. The summed E-state index contributed by atoms with van der Waals surface area (Å²) in [6.45, 7) is 5.43. The molecule has 2 heterocycles. The molecule has 1 atom stereocenters. The number of nitrogens with zero attached hydrogens (tertiary/aromatic N) is 3. The van der Waals surface area contributed by atoms with E-state index in [2.05, 4.69) is 21.2 Å². The van der Waals surface area contributed by atoms with E-state index in [0.717, 1.165) is 86.5 Å². The maximum Gasteiger partial charge on any atom is 0.243 e. The van der Waals surface area contributed by atoms with Gasteiger partial charge in [-0.15, -0.1) is 0 Å². The third-order valence-electron chi connectivity index (χ3n) is 7.63. The molecule has 38 heavy (non-hydrogen) atoms. The number of rotatable bonds is 11. The van der Waals surface area contributed by atoms with Gasteiger partial charge in [0, 0.05) is 49.7 Å². The normalized spacial score (nSPS) is 18.6. The minimum atomic E-state index is -0.365. The zero-order valence-electron chi connectivity index (χ0n) is 21.9. The molecule has 2 aliphatic rings. The molecule has 0 radical (unpaired) electrons. The lowest BCUT2D eigenvalue weighted by molar-refractivity contribution is -0.137. The highest BCUT2D eigenvalue weighted by molar-refractivity contribution is 6.35. The molecule has 9 heteroatoms. The van der Waals surface area contributed by atoms with Crippen LogP contribution in [0.15, 0.2) is 36.4 Å². The standard InChI is InChI=1S/C29H36Cl2N4O3/c1-33(26-11-12-28(37)32-29(26)38)19-24-21(7-5-8-22(24)20-36)6-3-2-4-13-34-14-16-35(17-15-34)27-18-23(30)9-10-25(27)31/h5,7-10,18,20,26H,2-4,6,11-17,19H2,1H3,(H,32,37,38). The zero-order chi connectivity index (χ0) is 27.1. The van der Waals surface area contributed by atoms with Crippen molar-refractivity contribution >= 4 is 47.0 Å². The highest BCUT2D eigenvalue weighted by Gasteiger charge is 2.30. The fraction of sp³-hybridized carbons (Fsp3) is 0.483. The average molecular weight is 560 g/mol. The fourth-order valence-corrected chi connectivity index (χ4v) is 5.83. The van der Waals surface area contributed by atoms with Crippen molar-refractivity contribution in [3.63, 3.8) is 0 Å². The highest BCUT2D eigenvalue weighted by Crippen LogP contribution is 2.30. The quantitative estimate of drug-likeness (QED) is 0.247. The molecule has 2 aromatic rings. The van der Waals surface area contributed by atoms with E-state index in [4.69, 9.17) is 23.2 Å². The fourth-order valence-electron chi connectivity index (χ4n) is 5.42. The lowest BCUT2D eigenvalue weighted by Gasteiger charge is -2.36. The van der Waals surface area contributed by atoms with Gasteiger partial charge in [-0.3, -0.25) is 29.5 Å². The molecule has 1 N–H and O–H groups in total. The first-order valence-corrected chi connectivity index (χ1v) is 14.1. The molecule has 204 valence electrons. The monoisotopic (exact) mass is 558 g/mol. The summed E-state index contributed by atoms with van der Waals surface area (Å²) in [7, 11) is 1.88. The lowest BCUT2D eigenvalue weighted by Crippen LogP contribution is -2.51. The van der Waals surface area contributed by atoms with Crippen molar-refractivity contribution in [2.24, 2.45) is 0 Å². The number of anilines is 1. The number of unbranched alkanes of at least 4 members (excludes halogenated alkanes) is 2. The Balaban J connectivity index is 1.23. The van der Waals surface area contributed by atoms with Crippen LogP contribution in [0.4, 0.5) is 5.69 Å². The summed E-state index contributed by atoms with van der Waals surface area (Å²) in [4.78, 5) is 42.4. The summed E-state index contributed by atoms with van der Waals surface area (Å²) in [5.41, 5.74) is 3.81. The average Bonchev–Trinajstić information content (AvgIpc) is 2.91. The largest absolute Gasteiger partial charge is 0.368 e. The number of halogens is 2. The van der Waals surface area contributed by atoms with Crippen LogP contribution in [0.1, 0.15) is 53.6 Å². The number of imide groups is 1. The van der Waals surface area contributed by atoms with E-state index < -0.39 is 0 Å². The lowest BCUT2D eigenvalue weighted by atomic mass is 9.95. The molecule has 1 unspecified atom stereocenters. The van der Waals surface area contributed by atoms with E-state index in [9.17, 15) is 14.4 Å². The predicted octanol–water partition coefficient (Wildman–Crippen LogP) is 4.58. The maximum atomic E-state index is 12.3. The number of aldehydes is 1. The van der Waals surface area contributed by atoms with Gasteiger partial charge in [-0.1, -0.05) is 47.8 Å². The highest BCUT2D eigenvalue weighted by atomic mass is 35.5. The van der Waals surface area contributed by atoms with E-state index in [1.807, 2.05) is 42.3 Å². The number of carbonyl (C=O) groups is 3. The number of likely N-dealkylation sites (N-methyl/N-ethyl adjacent to an activating group) is 1. The number of benzene rings is 2. The van der Waals surface area contributed by atoms with Crippen molar-refractivity contribution in [2.45, 2.75) is 51.1 Å². The Kier molecular flexibility index (Phi) is 10.2. The van der Waals surface area contributed by atoms with E-state index in [0.29, 0.717) is 30.0 Å². The molecule has 2 aliphatic heterocycles. The minimum absolute atomic E-state index is 0.221. The summed E-state index contributed by atoms with van der Waals surface area (Å²) >= 11 is 12.5. The summed E-state index contributed by atoms with van der Waals surface area (Å²) in [5.74, 6) is -0.480. The molecule has 2 aromatic carbocycles. The van der Waals surface area contributed by atoms with Gasteiger partial charge >= 0.3 is 0 Å². The van der Waals surface area contributed by atoms with Crippen LogP contribution in [-0.4, -0.2) is 73.7 Å². The Morgan fingerprint density at radius 3 is 2.58 bits per heavy atom. The molecule has 2 amide bonds. The van der Waals surface area contributed by atoms with Crippen LogP contribution >= 0.6 is 23.2 Å². The summed E-state index contributed by atoms with van der Waals surface area (Å²) < 4.78 is 0. The smallest absolute Gasteiger partial charge is 0.243 e. The number of nitrogens with one attached hydrogen (secondary N) is 1. The SMILES string of the molecule is CN(Cc1c(C=O)cccc1CCCCCN1CCN(c2cc(Cl)ccc2Cl)CC1)C1CCC(=O)NC1=O. The summed E-state index contributed by atoms with van der Waals surface area (Å²) in [6, 6.07) is 11.1. The van der Waals surface area contributed by atoms with Gasteiger partial charge in [-0.05, 0) is 68.6 Å². The van der Waals surface area contributed by atoms with Gasteiger partial charge in [0.1, 0.15) is 6.29 Å². The maximum absolute atomic E-state index is 12.3. The second-order valence-corrected chi connectivity index (χ2v) is 11.1. The van der Waals surface area contributed by atoms with Gasteiger partial charge < -0.3 is 4.90 Å². The molecular formula is C29H36Cl2N4O3. The molecule has 0 aromatic heterocycles. The number of piperidine rings is 1. The molecule has 2 fully saturated rings. The number of hydrogen-bond donors (Lipinski definition) is 1. The molecule has 7 nitrogen and oxygen atoms in total. The Bertz CT molecular complexity index is 1150. The molecule has 4 rings (SSSR count). The van der Waals surface area contributed by atoms with Gasteiger partial charge in [-0.25, -0.2) is 0 Å². The van der Waals surface area contributed by atoms with Crippen LogP contribution in [0.3, 0.4) is 0 Å². The van der Waals surface area contributed by atoms with Crippen LogP contribution in [-0.2, 0) is 22.6 Å². The molecule has 2 saturated heterocycles. The third kappa shape index (κ3) is 7.35. The minimum Gasteiger partial charge on any atom is -0.368 e. The van der Waals surface area contributed by atoms with Crippen LogP contribution in [0.5, 0.6) is 0 Å². The number of piperazine rings is 1. The van der Waals surface area contributed by atoms with E-state index in [1.165, 1.54) is 0 Å². The van der Waals surface area contributed by atoms with Crippen molar-refractivity contribution in [3.8, 4) is 0 Å². The second-order valence-electron chi connectivity index (χ2n) is 10.2. The van der Waals surface area contributed by atoms with E-state index in [1.54, 1.807) is 0 Å². The topological polar surface area (TPSA) is 73.0 Å².